The summed E-state index contributed by atoms with van der Waals surface area (Å²) in [5, 5.41) is 7.66. The maximum atomic E-state index is 12.5. The van der Waals surface area contributed by atoms with Gasteiger partial charge in [-0.15, -0.1) is 0 Å². The number of cyclic esters (lactones) is 1. The topological polar surface area (TPSA) is 118 Å². The molecule has 174 valence electrons. The molecule has 1 atom stereocenters. The van der Waals surface area contributed by atoms with Crippen LogP contribution in [-0.4, -0.2) is 50.2 Å². The van der Waals surface area contributed by atoms with Crippen LogP contribution < -0.4 is 25.0 Å². The number of carbonyl (C=O) groups is 2. The average molecular weight is 453 g/mol. The number of para-hydroxylation sites is 2. The van der Waals surface area contributed by atoms with Crippen LogP contribution >= 0.6 is 0 Å². The third-order valence-corrected chi connectivity index (χ3v) is 5.68. The lowest BCUT2D eigenvalue weighted by atomic mass is 10.1. The second-order valence-corrected chi connectivity index (χ2v) is 8.13. The molecule has 1 amide bonds. The van der Waals surface area contributed by atoms with E-state index in [1.54, 1.807) is 12.1 Å². The first-order chi connectivity index (χ1) is 15.9. The van der Waals surface area contributed by atoms with Gasteiger partial charge in [0.25, 0.3) is 0 Å². The molecular formula is C24H28N4O5. The standard InChI is InChI=1S/C24H28N4O5/c1-16(29)32-22-13-17(9-10-19(22)23(25)26)28-14-18(33-24(28)30)15-31-21-8-4-3-7-20(21)27-11-5-2-6-12-27/h3-4,7-10,13,18H,2,5-6,11-12,14-15H2,1H3,(H3,25,26). The highest BCUT2D eigenvalue weighted by atomic mass is 16.6. The average Bonchev–Trinajstić information content (AvgIpc) is 3.18. The molecule has 0 radical (unpaired) electrons. The maximum Gasteiger partial charge on any atom is 0.414 e. The summed E-state index contributed by atoms with van der Waals surface area (Å²) in [5.41, 5.74) is 7.39. The molecule has 3 N–H and O–H groups in total. The summed E-state index contributed by atoms with van der Waals surface area (Å²) < 4.78 is 16.8. The van der Waals surface area contributed by atoms with Crippen molar-refractivity contribution in [3.8, 4) is 11.5 Å². The fourth-order valence-corrected chi connectivity index (χ4v) is 4.12. The molecule has 0 saturated carbocycles. The Bertz CT molecular complexity index is 1050. The molecule has 4 rings (SSSR count). The lowest BCUT2D eigenvalue weighted by molar-refractivity contribution is -0.131. The first-order valence-electron chi connectivity index (χ1n) is 11.0. The van der Waals surface area contributed by atoms with E-state index in [4.69, 9.17) is 25.4 Å². The Morgan fingerprint density at radius 1 is 1.15 bits per heavy atom. The van der Waals surface area contributed by atoms with Crippen molar-refractivity contribution in [2.45, 2.75) is 32.3 Å². The number of anilines is 2. The Hall–Kier alpha value is -3.75. The highest BCUT2D eigenvalue weighted by Crippen LogP contribution is 2.32. The maximum absolute atomic E-state index is 12.5. The third-order valence-electron chi connectivity index (χ3n) is 5.68. The fraction of sp³-hybridized carbons (Fsp3) is 0.375. The number of rotatable bonds is 7. The number of amides is 1. The van der Waals surface area contributed by atoms with Crippen molar-refractivity contribution in [1.82, 2.24) is 0 Å². The van der Waals surface area contributed by atoms with Crippen LogP contribution in [0.5, 0.6) is 11.5 Å². The van der Waals surface area contributed by atoms with Crippen molar-refractivity contribution < 1.29 is 23.8 Å². The Morgan fingerprint density at radius 3 is 2.64 bits per heavy atom. The van der Waals surface area contributed by atoms with Crippen LogP contribution in [0.3, 0.4) is 0 Å². The molecule has 2 aliphatic heterocycles. The van der Waals surface area contributed by atoms with Gasteiger partial charge in [-0.05, 0) is 43.5 Å². The van der Waals surface area contributed by atoms with Gasteiger partial charge in [-0.2, -0.15) is 0 Å². The summed E-state index contributed by atoms with van der Waals surface area (Å²) in [6.07, 6.45) is 2.61. The molecular weight excluding hydrogens is 424 g/mol. The highest BCUT2D eigenvalue weighted by molar-refractivity contribution is 5.99. The lowest BCUT2D eigenvalue weighted by Crippen LogP contribution is -2.30. The summed E-state index contributed by atoms with van der Waals surface area (Å²) in [6, 6.07) is 12.6. The molecule has 0 aliphatic carbocycles. The number of hydrogen-bond acceptors (Lipinski definition) is 7. The van der Waals surface area contributed by atoms with E-state index in [1.165, 1.54) is 37.2 Å². The lowest BCUT2D eigenvalue weighted by Gasteiger charge is -2.30. The number of esters is 1. The highest BCUT2D eigenvalue weighted by Gasteiger charge is 2.33. The van der Waals surface area contributed by atoms with Crippen LogP contribution in [0.15, 0.2) is 42.5 Å². The molecule has 9 nitrogen and oxygen atoms in total. The number of nitrogens with zero attached hydrogens (tertiary/aromatic N) is 2. The van der Waals surface area contributed by atoms with E-state index in [9.17, 15) is 9.59 Å². The molecule has 0 aromatic heterocycles. The van der Waals surface area contributed by atoms with Crippen LogP contribution in [0.25, 0.3) is 0 Å². The van der Waals surface area contributed by atoms with Gasteiger partial charge in [0.1, 0.15) is 23.9 Å². The summed E-state index contributed by atoms with van der Waals surface area (Å²) in [5.74, 6) is 0.116. The number of hydrogen-bond donors (Lipinski definition) is 2. The Labute approximate surface area is 192 Å². The minimum absolute atomic E-state index is 0.121. The molecule has 2 heterocycles. The summed E-state index contributed by atoms with van der Waals surface area (Å²) in [6.45, 7) is 3.77. The van der Waals surface area contributed by atoms with Crippen molar-refractivity contribution in [2.24, 2.45) is 5.73 Å². The van der Waals surface area contributed by atoms with Crippen molar-refractivity contribution in [3.05, 3.63) is 48.0 Å². The SMILES string of the molecule is CC(=O)Oc1cc(N2CC(COc3ccccc3N3CCCCC3)OC2=O)ccc1C(=N)N. The van der Waals surface area contributed by atoms with Crippen molar-refractivity contribution in [3.63, 3.8) is 0 Å². The van der Waals surface area contributed by atoms with Gasteiger partial charge in [-0.25, -0.2) is 4.79 Å². The molecule has 2 aromatic carbocycles. The molecule has 2 aromatic rings. The largest absolute Gasteiger partial charge is 0.487 e. The number of carbonyl (C=O) groups excluding carboxylic acids is 2. The van der Waals surface area contributed by atoms with Gasteiger partial charge in [-0.1, -0.05) is 12.1 Å². The van der Waals surface area contributed by atoms with Crippen LogP contribution in [0.4, 0.5) is 16.2 Å². The zero-order valence-electron chi connectivity index (χ0n) is 18.6. The van der Waals surface area contributed by atoms with E-state index >= 15 is 0 Å². The van der Waals surface area contributed by atoms with E-state index in [0.29, 0.717) is 5.69 Å². The van der Waals surface area contributed by atoms with Gasteiger partial charge in [0.15, 0.2) is 6.10 Å². The van der Waals surface area contributed by atoms with Gasteiger partial charge in [0.05, 0.1) is 23.5 Å². The first-order valence-corrected chi connectivity index (χ1v) is 11.0. The number of amidine groups is 1. The second-order valence-electron chi connectivity index (χ2n) is 8.13. The van der Waals surface area contributed by atoms with E-state index in [1.807, 2.05) is 18.2 Å². The minimum atomic E-state index is -0.544. The minimum Gasteiger partial charge on any atom is -0.487 e. The zero-order valence-corrected chi connectivity index (χ0v) is 18.6. The van der Waals surface area contributed by atoms with Crippen LogP contribution in [0.1, 0.15) is 31.7 Å². The number of nitrogen functional groups attached to an aromatic ring is 1. The van der Waals surface area contributed by atoms with Crippen molar-refractivity contribution >= 4 is 29.3 Å². The van der Waals surface area contributed by atoms with Gasteiger partial charge in [0, 0.05) is 26.1 Å². The zero-order chi connectivity index (χ0) is 23.4. The molecule has 33 heavy (non-hydrogen) atoms. The fourth-order valence-electron chi connectivity index (χ4n) is 4.12. The van der Waals surface area contributed by atoms with E-state index in [-0.39, 0.29) is 30.3 Å². The van der Waals surface area contributed by atoms with Crippen LogP contribution in [-0.2, 0) is 9.53 Å². The predicted octanol–water partition coefficient (Wildman–Crippen LogP) is 3.29. The van der Waals surface area contributed by atoms with E-state index in [0.717, 1.165) is 24.5 Å². The Kier molecular flexibility index (Phi) is 6.67. The molecule has 2 aliphatic rings. The van der Waals surface area contributed by atoms with Crippen molar-refractivity contribution in [1.29, 1.82) is 5.41 Å². The number of ether oxygens (including phenoxy) is 3. The molecule has 0 bridgehead atoms. The molecule has 0 spiro atoms. The summed E-state index contributed by atoms with van der Waals surface area (Å²) in [4.78, 5) is 27.7. The normalized spacial score (nSPS) is 18.1. The van der Waals surface area contributed by atoms with E-state index < -0.39 is 18.2 Å². The molecule has 9 heteroatoms. The second kappa shape index (κ2) is 9.81. The number of piperidine rings is 1. The first kappa shape index (κ1) is 22.4. The number of benzene rings is 2. The summed E-state index contributed by atoms with van der Waals surface area (Å²) >= 11 is 0. The number of nitrogens with one attached hydrogen (secondary N) is 1. The monoisotopic (exact) mass is 452 g/mol. The van der Waals surface area contributed by atoms with Crippen LogP contribution in [0.2, 0.25) is 0 Å². The van der Waals surface area contributed by atoms with Crippen molar-refractivity contribution in [2.75, 3.05) is 36.0 Å². The van der Waals surface area contributed by atoms with Gasteiger partial charge < -0.3 is 24.8 Å². The smallest absolute Gasteiger partial charge is 0.414 e. The van der Waals surface area contributed by atoms with Crippen LogP contribution in [0, 0.1) is 5.41 Å². The summed E-state index contributed by atoms with van der Waals surface area (Å²) in [7, 11) is 0. The molecule has 2 saturated heterocycles. The van der Waals surface area contributed by atoms with Gasteiger partial charge in [0.2, 0.25) is 0 Å². The predicted molar refractivity (Wildman–Crippen MR) is 124 cm³/mol. The Balaban J connectivity index is 1.44. The Morgan fingerprint density at radius 2 is 1.91 bits per heavy atom. The molecule has 1 unspecified atom stereocenters. The quantitative estimate of drug-likeness (QED) is 0.286. The third kappa shape index (κ3) is 5.19. The van der Waals surface area contributed by atoms with Gasteiger partial charge >= 0.3 is 12.1 Å². The molecule has 2 fully saturated rings. The van der Waals surface area contributed by atoms with Gasteiger partial charge in [-0.3, -0.25) is 15.1 Å². The number of nitrogens with two attached hydrogens (primary N) is 1. The van der Waals surface area contributed by atoms with E-state index in [2.05, 4.69) is 11.0 Å².